The number of para-hydroxylation sites is 2. The van der Waals surface area contributed by atoms with Crippen molar-refractivity contribution in [1.82, 2.24) is 0 Å². The monoisotopic (exact) mass is 360 g/mol. The van der Waals surface area contributed by atoms with Crippen LogP contribution >= 0.6 is 0 Å². The van der Waals surface area contributed by atoms with E-state index >= 15 is 0 Å². The quantitative estimate of drug-likeness (QED) is 0.599. The molecule has 0 heterocycles. The first-order valence-corrected chi connectivity index (χ1v) is 6.17. The molecule has 124 valence electrons. The molecular formula is C16H14NiO6. The average Bonchev–Trinajstić information content (AvgIpc) is 2.56. The summed E-state index contributed by atoms with van der Waals surface area (Å²) in [4.78, 5) is 20.5. The maximum Gasteiger partial charge on any atom is 2.00 e. The molecule has 2 aromatic rings. The minimum atomic E-state index is -0.356. The SMILES string of the molecule is COc1cccc(C=O)c1[O-].COc1cccc(C=O)c1[O-].[Ni+2]. The second kappa shape index (κ2) is 10.2. The molecule has 23 heavy (non-hydrogen) atoms. The summed E-state index contributed by atoms with van der Waals surface area (Å²) in [5, 5.41) is 22.1. The number of hydrogen-bond donors (Lipinski definition) is 0. The third kappa shape index (κ3) is 5.31. The smallest absolute Gasteiger partial charge is 0.869 e. The van der Waals surface area contributed by atoms with Crippen molar-refractivity contribution in [2.24, 2.45) is 0 Å². The number of rotatable bonds is 4. The first kappa shape index (κ1) is 20.5. The number of ether oxygens (including phenoxy) is 2. The molecule has 0 amide bonds. The van der Waals surface area contributed by atoms with E-state index < -0.39 is 0 Å². The number of carbonyl (C=O) groups is 2. The molecule has 6 nitrogen and oxygen atoms in total. The Labute approximate surface area is 143 Å². The van der Waals surface area contributed by atoms with Crippen LogP contribution in [0.25, 0.3) is 0 Å². The number of aldehydes is 2. The van der Waals surface area contributed by atoms with E-state index in [1.807, 2.05) is 0 Å². The molecule has 0 fully saturated rings. The second-order valence-corrected chi connectivity index (χ2v) is 3.99. The average molecular weight is 361 g/mol. The summed E-state index contributed by atoms with van der Waals surface area (Å²) in [6.07, 6.45) is 1.04. The van der Waals surface area contributed by atoms with Gasteiger partial charge in [-0.3, -0.25) is 9.59 Å². The van der Waals surface area contributed by atoms with E-state index in [1.54, 1.807) is 12.1 Å². The summed E-state index contributed by atoms with van der Waals surface area (Å²) in [7, 11) is 2.79. The summed E-state index contributed by atoms with van der Waals surface area (Å²) < 4.78 is 9.43. The van der Waals surface area contributed by atoms with Gasteiger partial charge in [0.05, 0.1) is 14.2 Å². The summed E-state index contributed by atoms with van der Waals surface area (Å²) in [6, 6.07) is 9.16. The van der Waals surface area contributed by atoms with Crippen LogP contribution in [0.2, 0.25) is 0 Å². The van der Waals surface area contributed by atoms with Crippen LogP contribution in [-0.2, 0) is 16.5 Å². The molecule has 0 saturated heterocycles. The zero-order chi connectivity index (χ0) is 16.5. The van der Waals surface area contributed by atoms with Gasteiger partial charge in [-0.25, -0.2) is 0 Å². The van der Waals surface area contributed by atoms with Crippen molar-refractivity contribution >= 4 is 12.6 Å². The Balaban J connectivity index is 0.000000403. The minimum absolute atomic E-state index is 0. The minimum Gasteiger partial charge on any atom is -0.869 e. The maximum absolute atomic E-state index is 11.1. The van der Waals surface area contributed by atoms with E-state index in [9.17, 15) is 19.8 Å². The van der Waals surface area contributed by atoms with Gasteiger partial charge in [-0.1, -0.05) is 35.8 Å². The second-order valence-electron chi connectivity index (χ2n) is 3.99. The molecule has 0 unspecified atom stereocenters. The van der Waals surface area contributed by atoms with Crippen molar-refractivity contribution in [3.05, 3.63) is 47.5 Å². The van der Waals surface area contributed by atoms with Crippen LogP contribution in [-0.4, -0.2) is 26.8 Å². The zero-order valence-electron chi connectivity index (χ0n) is 12.4. The van der Waals surface area contributed by atoms with Crippen LogP contribution < -0.4 is 19.7 Å². The topological polar surface area (TPSA) is 98.7 Å². The maximum atomic E-state index is 11.1. The number of methoxy groups -OCH3 is 2. The van der Waals surface area contributed by atoms with Crippen molar-refractivity contribution < 1.29 is 45.8 Å². The van der Waals surface area contributed by atoms with Crippen molar-refractivity contribution in [2.75, 3.05) is 14.2 Å². The molecule has 0 N–H and O–H groups in total. The Morgan fingerprint density at radius 2 is 1.13 bits per heavy atom. The fraction of sp³-hybridized carbons (Fsp3) is 0.125. The molecule has 2 rings (SSSR count). The van der Waals surface area contributed by atoms with E-state index in [4.69, 9.17) is 9.47 Å². The molecule has 0 aliphatic carbocycles. The molecule has 0 bridgehead atoms. The van der Waals surface area contributed by atoms with Crippen molar-refractivity contribution in [1.29, 1.82) is 0 Å². The first-order valence-electron chi connectivity index (χ1n) is 6.17. The van der Waals surface area contributed by atoms with Gasteiger partial charge < -0.3 is 19.7 Å². The molecular weight excluding hydrogens is 347 g/mol. The Morgan fingerprint density at radius 3 is 1.39 bits per heavy atom. The largest absolute Gasteiger partial charge is 2.00 e. The normalized spacial score (nSPS) is 8.78. The van der Waals surface area contributed by atoms with Crippen molar-refractivity contribution in [2.45, 2.75) is 0 Å². The molecule has 0 aliphatic heterocycles. The summed E-state index contributed by atoms with van der Waals surface area (Å²) in [5.41, 5.74) is 0.258. The molecule has 2 aromatic carbocycles. The van der Waals surface area contributed by atoms with E-state index in [2.05, 4.69) is 0 Å². The first-order chi connectivity index (χ1) is 10.6. The molecule has 0 aliphatic rings. The van der Waals surface area contributed by atoms with Gasteiger partial charge in [0.25, 0.3) is 0 Å². The fourth-order valence-electron chi connectivity index (χ4n) is 1.57. The van der Waals surface area contributed by atoms with Crippen LogP contribution in [0.3, 0.4) is 0 Å². The van der Waals surface area contributed by atoms with Crippen molar-refractivity contribution in [3.8, 4) is 23.0 Å². The van der Waals surface area contributed by atoms with Crippen LogP contribution in [0.1, 0.15) is 20.7 Å². The summed E-state index contributed by atoms with van der Waals surface area (Å²) in [6.45, 7) is 0. The molecule has 7 heteroatoms. The van der Waals surface area contributed by atoms with Gasteiger partial charge in [0.2, 0.25) is 0 Å². The predicted octanol–water partition coefficient (Wildman–Crippen LogP) is 1.16. The van der Waals surface area contributed by atoms with Crippen LogP contribution in [0.5, 0.6) is 23.0 Å². The Kier molecular flexibility index (Phi) is 9.12. The molecule has 0 saturated carbocycles. The predicted molar refractivity (Wildman–Crippen MR) is 75.7 cm³/mol. The number of benzene rings is 2. The van der Waals surface area contributed by atoms with Crippen LogP contribution in [0.4, 0.5) is 0 Å². The standard InChI is InChI=1S/2C8H8O3.Ni/c2*1-11-7-4-2-3-6(5-9)8(7)10;/h2*2-5,10H,1H3;/q;;+2/p-2. The zero-order valence-corrected chi connectivity index (χ0v) is 13.4. The molecule has 0 atom stereocenters. The Bertz CT molecular complexity index is 600. The van der Waals surface area contributed by atoms with Crippen LogP contribution in [0.15, 0.2) is 36.4 Å². The number of hydrogen-bond acceptors (Lipinski definition) is 6. The van der Waals surface area contributed by atoms with Gasteiger partial charge >= 0.3 is 16.5 Å². The van der Waals surface area contributed by atoms with Crippen molar-refractivity contribution in [3.63, 3.8) is 0 Å². The van der Waals surface area contributed by atoms with E-state index in [0.717, 1.165) is 0 Å². The molecule has 0 radical (unpaired) electrons. The Hall–Kier alpha value is -2.53. The van der Waals surface area contributed by atoms with E-state index in [-0.39, 0.29) is 50.6 Å². The van der Waals surface area contributed by atoms with Gasteiger partial charge in [0, 0.05) is 11.1 Å². The van der Waals surface area contributed by atoms with E-state index in [0.29, 0.717) is 12.6 Å². The third-order valence-electron chi connectivity index (χ3n) is 2.71. The van der Waals surface area contributed by atoms with Gasteiger partial charge in [-0.05, 0) is 12.1 Å². The van der Waals surface area contributed by atoms with E-state index in [1.165, 1.54) is 38.5 Å². The summed E-state index contributed by atoms with van der Waals surface area (Å²) in [5.74, 6) is -0.306. The van der Waals surface area contributed by atoms with Gasteiger partial charge in [0.15, 0.2) is 0 Å². The fourth-order valence-corrected chi connectivity index (χ4v) is 1.57. The molecule has 0 aromatic heterocycles. The molecule has 0 spiro atoms. The van der Waals surface area contributed by atoms with Gasteiger partial charge in [0.1, 0.15) is 24.1 Å². The Morgan fingerprint density at radius 1 is 0.783 bits per heavy atom. The van der Waals surface area contributed by atoms with Gasteiger partial charge in [-0.2, -0.15) is 0 Å². The van der Waals surface area contributed by atoms with Gasteiger partial charge in [-0.15, -0.1) is 0 Å². The third-order valence-corrected chi connectivity index (χ3v) is 2.71. The number of carbonyl (C=O) groups excluding carboxylic acids is 2. The van der Waals surface area contributed by atoms with Crippen LogP contribution in [0, 0.1) is 0 Å². The summed E-state index contributed by atoms with van der Waals surface area (Å²) >= 11 is 0.